The maximum atomic E-state index is 12.1. The molecule has 0 saturated carbocycles. The predicted molar refractivity (Wildman–Crippen MR) is 91.4 cm³/mol. The number of rotatable bonds is 6. The quantitative estimate of drug-likeness (QED) is 0.740. The summed E-state index contributed by atoms with van der Waals surface area (Å²) in [6, 6.07) is 5.87. The van der Waals surface area contributed by atoms with Crippen molar-refractivity contribution >= 4 is 11.7 Å². The van der Waals surface area contributed by atoms with Gasteiger partial charge in [0.1, 0.15) is 0 Å². The van der Waals surface area contributed by atoms with Crippen LogP contribution in [0.3, 0.4) is 0 Å². The molecule has 0 N–H and O–H groups in total. The summed E-state index contributed by atoms with van der Waals surface area (Å²) in [7, 11) is 0. The molecule has 1 aromatic carbocycles. The van der Waals surface area contributed by atoms with Crippen LogP contribution in [0.25, 0.3) is 0 Å². The van der Waals surface area contributed by atoms with Gasteiger partial charge in [-0.1, -0.05) is 30.4 Å². The second kappa shape index (κ2) is 7.83. The molecule has 3 nitrogen and oxygen atoms in total. The molecule has 0 saturated heterocycles. The van der Waals surface area contributed by atoms with Gasteiger partial charge in [0.25, 0.3) is 0 Å². The van der Waals surface area contributed by atoms with E-state index in [1.165, 1.54) is 0 Å². The van der Waals surface area contributed by atoms with Crippen molar-refractivity contribution in [3.8, 4) is 0 Å². The summed E-state index contributed by atoms with van der Waals surface area (Å²) in [4.78, 5) is 14.4. The van der Waals surface area contributed by atoms with Crippen molar-refractivity contribution in [3.63, 3.8) is 0 Å². The molecule has 0 aliphatic heterocycles. The molecule has 0 aromatic heterocycles. The van der Waals surface area contributed by atoms with Crippen LogP contribution in [0.1, 0.15) is 36.2 Å². The molecule has 1 atom stereocenters. The van der Waals surface area contributed by atoms with E-state index in [0.717, 1.165) is 30.8 Å². The fraction of sp³-hybridized carbons (Fsp3) is 0.421. The largest absolute Gasteiger partial charge is 0.462 e. The Balaban J connectivity index is 2.21. The second-order valence-electron chi connectivity index (χ2n) is 5.52. The highest BCUT2D eigenvalue weighted by Gasteiger charge is 2.17. The zero-order chi connectivity index (χ0) is 15.9. The van der Waals surface area contributed by atoms with Gasteiger partial charge in [-0.3, -0.25) is 0 Å². The van der Waals surface area contributed by atoms with E-state index in [-0.39, 0.29) is 5.97 Å². The van der Waals surface area contributed by atoms with Crippen molar-refractivity contribution in [2.24, 2.45) is 5.92 Å². The lowest BCUT2D eigenvalue weighted by Gasteiger charge is -2.29. The number of anilines is 1. The van der Waals surface area contributed by atoms with E-state index >= 15 is 0 Å². The summed E-state index contributed by atoms with van der Waals surface area (Å²) >= 11 is 0. The van der Waals surface area contributed by atoms with E-state index in [2.05, 4.69) is 42.2 Å². The van der Waals surface area contributed by atoms with E-state index in [1.54, 1.807) is 0 Å². The van der Waals surface area contributed by atoms with Gasteiger partial charge in [0, 0.05) is 18.8 Å². The molecule has 1 unspecified atom stereocenters. The lowest BCUT2D eigenvalue weighted by molar-refractivity contribution is 0.0525. The third kappa shape index (κ3) is 3.79. The van der Waals surface area contributed by atoms with Crippen molar-refractivity contribution in [1.29, 1.82) is 0 Å². The van der Waals surface area contributed by atoms with E-state index in [9.17, 15) is 4.79 Å². The zero-order valence-electron chi connectivity index (χ0n) is 13.7. The minimum Gasteiger partial charge on any atom is -0.462 e. The lowest BCUT2D eigenvalue weighted by Crippen LogP contribution is -2.30. The number of ether oxygens (including phenoxy) is 1. The van der Waals surface area contributed by atoms with Crippen LogP contribution in [0, 0.1) is 12.8 Å². The Morgan fingerprint density at radius 1 is 1.32 bits per heavy atom. The first-order valence-corrected chi connectivity index (χ1v) is 8.02. The van der Waals surface area contributed by atoms with Crippen LogP contribution in [0.4, 0.5) is 5.69 Å². The van der Waals surface area contributed by atoms with E-state index in [1.807, 2.05) is 26.0 Å². The van der Waals surface area contributed by atoms with Crippen molar-refractivity contribution in [2.75, 3.05) is 24.6 Å². The number of hydrogen-bond acceptors (Lipinski definition) is 3. The fourth-order valence-electron chi connectivity index (χ4n) is 2.84. The molecule has 0 heterocycles. The highest BCUT2D eigenvalue weighted by atomic mass is 16.5. The van der Waals surface area contributed by atoms with Crippen LogP contribution in [-0.4, -0.2) is 25.7 Å². The van der Waals surface area contributed by atoms with Crippen LogP contribution in [0.15, 0.2) is 42.5 Å². The summed E-state index contributed by atoms with van der Waals surface area (Å²) in [5.74, 6) is 0.286. The molecule has 0 amide bonds. The molecule has 0 spiro atoms. The third-order valence-corrected chi connectivity index (χ3v) is 4.05. The number of benzene rings is 1. The molecule has 118 valence electrons. The second-order valence-corrected chi connectivity index (χ2v) is 5.52. The first-order chi connectivity index (χ1) is 10.7. The predicted octanol–water partition coefficient (Wildman–Crippen LogP) is 4.13. The summed E-state index contributed by atoms with van der Waals surface area (Å²) in [5.41, 5.74) is 2.78. The summed E-state index contributed by atoms with van der Waals surface area (Å²) < 4.78 is 5.15. The summed E-state index contributed by atoms with van der Waals surface area (Å²) in [6.45, 7) is 8.27. The minimum atomic E-state index is -0.238. The summed E-state index contributed by atoms with van der Waals surface area (Å²) in [5, 5.41) is 0. The average molecular weight is 299 g/mol. The van der Waals surface area contributed by atoms with Crippen molar-refractivity contribution in [2.45, 2.75) is 27.2 Å². The molecule has 3 heteroatoms. The van der Waals surface area contributed by atoms with Crippen LogP contribution in [-0.2, 0) is 4.74 Å². The smallest absolute Gasteiger partial charge is 0.338 e. The van der Waals surface area contributed by atoms with Gasteiger partial charge in [0.05, 0.1) is 12.2 Å². The SMILES string of the molecule is CCOC(=O)c1cccc(N(CC)CC2C=CC=CC2)c1C. The van der Waals surface area contributed by atoms with Gasteiger partial charge in [-0.15, -0.1) is 0 Å². The molecule has 1 aliphatic rings. The average Bonchev–Trinajstić information content (AvgIpc) is 2.54. The molecule has 22 heavy (non-hydrogen) atoms. The molecule has 0 radical (unpaired) electrons. The van der Waals surface area contributed by atoms with Crippen molar-refractivity contribution < 1.29 is 9.53 Å². The van der Waals surface area contributed by atoms with E-state index in [4.69, 9.17) is 4.74 Å². The van der Waals surface area contributed by atoms with Crippen molar-refractivity contribution in [3.05, 3.63) is 53.6 Å². The monoisotopic (exact) mass is 299 g/mol. The van der Waals surface area contributed by atoms with Gasteiger partial charge in [0.2, 0.25) is 0 Å². The lowest BCUT2D eigenvalue weighted by atomic mass is 9.99. The summed E-state index contributed by atoms with van der Waals surface area (Å²) in [6.07, 6.45) is 9.75. The van der Waals surface area contributed by atoms with Crippen LogP contribution in [0.2, 0.25) is 0 Å². The Kier molecular flexibility index (Phi) is 5.82. The number of hydrogen-bond donors (Lipinski definition) is 0. The number of nitrogens with zero attached hydrogens (tertiary/aromatic N) is 1. The van der Waals surface area contributed by atoms with Gasteiger partial charge in [0.15, 0.2) is 0 Å². The first kappa shape index (κ1) is 16.3. The molecular weight excluding hydrogens is 274 g/mol. The number of carbonyl (C=O) groups excluding carboxylic acids is 1. The zero-order valence-corrected chi connectivity index (χ0v) is 13.7. The first-order valence-electron chi connectivity index (χ1n) is 8.02. The number of carbonyl (C=O) groups is 1. The van der Waals surface area contributed by atoms with Crippen LogP contribution in [0.5, 0.6) is 0 Å². The van der Waals surface area contributed by atoms with Gasteiger partial charge in [-0.2, -0.15) is 0 Å². The topological polar surface area (TPSA) is 29.5 Å². The van der Waals surface area contributed by atoms with Gasteiger partial charge < -0.3 is 9.64 Å². The van der Waals surface area contributed by atoms with Crippen LogP contribution < -0.4 is 4.90 Å². The van der Waals surface area contributed by atoms with Crippen molar-refractivity contribution in [1.82, 2.24) is 0 Å². The highest BCUT2D eigenvalue weighted by molar-refractivity contribution is 5.92. The van der Waals surface area contributed by atoms with Gasteiger partial charge in [-0.25, -0.2) is 4.79 Å². The third-order valence-electron chi connectivity index (χ3n) is 4.05. The minimum absolute atomic E-state index is 0.238. The van der Waals surface area contributed by atoms with E-state index < -0.39 is 0 Å². The normalized spacial score (nSPS) is 16.6. The molecule has 1 aromatic rings. The maximum Gasteiger partial charge on any atom is 0.338 e. The standard InChI is InChI=1S/C19H25NO2/c1-4-20(14-16-10-7-6-8-11-16)18-13-9-12-17(15(18)3)19(21)22-5-2/h6-10,12-13,16H,4-5,11,14H2,1-3H3. The Bertz CT molecular complexity index is 575. The molecule has 0 fully saturated rings. The highest BCUT2D eigenvalue weighted by Crippen LogP contribution is 2.26. The van der Waals surface area contributed by atoms with Gasteiger partial charge >= 0.3 is 5.97 Å². The Morgan fingerprint density at radius 2 is 2.14 bits per heavy atom. The number of allylic oxidation sites excluding steroid dienone is 3. The molecule has 0 bridgehead atoms. The Morgan fingerprint density at radius 3 is 2.77 bits per heavy atom. The maximum absolute atomic E-state index is 12.1. The molecular formula is C19H25NO2. The fourth-order valence-corrected chi connectivity index (χ4v) is 2.84. The van der Waals surface area contributed by atoms with Gasteiger partial charge in [-0.05, 0) is 50.8 Å². The van der Waals surface area contributed by atoms with E-state index in [0.29, 0.717) is 18.1 Å². The van der Waals surface area contributed by atoms with Crippen LogP contribution >= 0.6 is 0 Å². The Hall–Kier alpha value is -2.03. The number of esters is 1. The molecule has 1 aliphatic carbocycles. The molecule has 2 rings (SSSR count). The Labute approximate surface area is 133 Å².